The summed E-state index contributed by atoms with van der Waals surface area (Å²) in [6.45, 7) is 0.697. The molecule has 2 fully saturated rings. The van der Waals surface area contributed by atoms with E-state index in [2.05, 4.69) is 0 Å². The molecule has 0 radical (unpaired) electrons. The van der Waals surface area contributed by atoms with E-state index in [9.17, 15) is 22.8 Å². The number of hydrogen-bond donors (Lipinski definition) is 0. The molecule has 0 bridgehead atoms. The van der Waals surface area contributed by atoms with Crippen LogP contribution in [0.2, 0.25) is 0 Å². The first kappa shape index (κ1) is 22.9. The predicted molar refractivity (Wildman–Crippen MR) is 121 cm³/mol. The van der Waals surface area contributed by atoms with E-state index in [0.717, 1.165) is 16.7 Å². The predicted octanol–water partition coefficient (Wildman–Crippen LogP) is 1.30. The minimum Gasteiger partial charge on any atom is -0.338 e. The summed E-state index contributed by atoms with van der Waals surface area (Å²) >= 11 is 0. The molecule has 2 heterocycles. The Morgan fingerprint density at radius 3 is 2.06 bits per heavy atom. The third-order valence-corrected chi connectivity index (χ3v) is 7.26. The SMILES string of the molecule is CS(=O)(=O)N1CCN(C(=O)CN2C(=O)C(c3ccccc3)N(Cc3ccccc3)C2=O)CC1. The van der Waals surface area contributed by atoms with Crippen LogP contribution < -0.4 is 0 Å². The highest BCUT2D eigenvalue weighted by Gasteiger charge is 2.46. The largest absolute Gasteiger partial charge is 0.338 e. The number of nitrogens with zero attached hydrogens (tertiary/aromatic N) is 4. The fourth-order valence-electron chi connectivity index (χ4n) is 4.19. The van der Waals surface area contributed by atoms with Gasteiger partial charge >= 0.3 is 6.03 Å². The van der Waals surface area contributed by atoms with Crippen LogP contribution in [-0.2, 0) is 26.2 Å². The average Bonchev–Trinajstić information content (AvgIpc) is 3.04. The van der Waals surface area contributed by atoms with Crippen LogP contribution in [0.25, 0.3) is 0 Å². The summed E-state index contributed by atoms with van der Waals surface area (Å²) in [6.07, 6.45) is 1.14. The van der Waals surface area contributed by atoms with Gasteiger partial charge in [-0.15, -0.1) is 0 Å². The summed E-state index contributed by atoms with van der Waals surface area (Å²) < 4.78 is 24.7. The van der Waals surface area contributed by atoms with Gasteiger partial charge in [0.15, 0.2) is 0 Å². The summed E-state index contributed by atoms with van der Waals surface area (Å²) in [7, 11) is -3.32. The molecule has 0 N–H and O–H groups in total. The van der Waals surface area contributed by atoms with Gasteiger partial charge < -0.3 is 9.80 Å². The molecule has 0 aliphatic carbocycles. The van der Waals surface area contributed by atoms with Crippen LogP contribution in [-0.4, -0.2) is 84.2 Å². The second kappa shape index (κ2) is 9.32. The smallest absolute Gasteiger partial charge is 0.328 e. The van der Waals surface area contributed by atoms with Crippen molar-refractivity contribution in [3.8, 4) is 0 Å². The number of carbonyl (C=O) groups excluding carboxylic acids is 3. The first-order valence-electron chi connectivity index (χ1n) is 10.7. The van der Waals surface area contributed by atoms with Gasteiger partial charge in [-0.2, -0.15) is 4.31 Å². The number of imide groups is 1. The van der Waals surface area contributed by atoms with Crippen LogP contribution >= 0.6 is 0 Å². The summed E-state index contributed by atoms with van der Waals surface area (Å²) in [6, 6.07) is 17.1. The molecule has 10 heteroatoms. The molecule has 33 heavy (non-hydrogen) atoms. The van der Waals surface area contributed by atoms with E-state index in [1.165, 1.54) is 14.1 Å². The number of rotatable bonds is 6. The molecule has 2 aliphatic rings. The second-order valence-corrected chi connectivity index (χ2v) is 10.2. The molecule has 0 saturated carbocycles. The third-order valence-electron chi connectivity index (χ3n) is 5.95. The highest BCUT2D eigenvalue weighted by Crippen LogP contribution is 2.32. The zero-order valence-corrected chi connectivity index (χ0v) is 19.1. The monoisotopic (exact) mass is 470 g/mol. The van der Waals surface area contributed by atoms with Crippen LogP contribution in [0.3, 0.4) is 0 Å². The van der Waals surface area contributed by atoms with Crippen LogP contribution in [0, 0.1) is 0 Å². The zero-order valence-electron chi connectivity index (χ0n) is 18.3. The Bertz CT molecular complexity index is 1130. The molecule has 2 aromatic rings. The van der Waals surface area contributed by atoms with Crippen molar-refractivity contribution in [1.82, 2.24) is 19.0 Å². The van der Waals surface area contributed by atoms with E-state index >= 15 is 0 Å². The first-order chi connectivity index (χ1) is 15.8. The summed E-state index contributed by atoms with van der Waals surface area (Å²) in [5, 5.41) is 0. The first-order valence-corrected chi connectivity index (χ1v) is 12.5. The fourth-order valence-corrected chi connectivity index (χ4v) is 5.01. The average molecular weight is 471 g/mol. The minimum atomic E-state index is -3.32. The van der Waals surface area contributed by atoms with Gasteiger partial charge in [0.1, 0.15) is 12.6 Å². The van der Waals surface area contributed by atoms with Crippen LogP contribution in [0.15, 0.2) is 60.7 Å². The standard InChI is InChI=1S/C23H26N4O5S/c1-33(31,32)25-14-12-24(13-15-25)20(28)17-27-22(29)21(19-10-6-3-7-11-19)26(23(27)30)16-18-8-4-2-5-9-18/h2-11,21H,12-17H2,1H3. The Hall–Kier alpha value is -3.24. The lowest BCUT2D eigenvalue weighted by Gasteiger charge is -2.33. The van der Waals surface area contributed by atoms with Gasteiger partial charge in [-0.25, -0.2) is 13.2 Å². The van der Waals surface area contributed by atoms with Gasteiger partial charge in [0.2, 0.25) is 15.9 Å². The molecule has 4 amide bonds. The molecule has 1 atom stereocenters. The second-order valence-electron chi connectivity index (χ2n) is 8.18. The molecule has 9 nitrogen and oxygen atoms in total. The van der Waals surface area contributed by atoms with Crippen LogP contribution in [0.1, 0.15) is 17.2 Å². The fraction of sp³-hybridized carbons (Fsp3) is 0.348. The van der Waals surface area contributed by atoms with Crippen molar-refractivity contribution in [2.24, 2.45) is 0 Å². The highest BCUT2D eigenvalue weighted by atomic mass is 32.2. The maximum absolute atomic E-state index is 13.3. The molecule has 174 valence electrons. The summed E-state index contributed by atoms with van der Waals surface area (Å²) in [5.74, 6) is -0.816. The number of carbonyl (C=O) groups is 3. The van der Waals surface area contributed by atoms with E-state index in [1.54, 1.807) is 12.1 Å². The summed E-state index contributed by atoms with van der Waals surface area (Å²) in [5.41, 5.74) is 1.56. The Balaban J connectivity index is 1.52. The lowest BCUT2D eigenvalue weighted by molar-refractivity contribution is -0.138. The minimum absolute atomic E-state index is 0.194. The molecule has 2 aromatic carbocycles. The van der Waals surface area contributed by atoms with E-state index < -0.39 is 28.0 Å². The summed E-state index contributed by atoms with van der Waals surface area (Å²) in [4.78, 5) is 43.5. The third kappa shape index (κ3) is 4.91. The molecule has 1 unspecified atom stereocenters. The number of sulfonamides is 1. The topological polar surface area (TPSA) is 98.3 Å². The van der Waals surface area contributed by atoms with Gasteiger partial charge in [0, 0.05) is 32.7 Å². The zero-order chi connectivity index (χ0) is 23.6. The number of urea groups is 1. The lowest BCUT2D eigenvalue weighted by Crippen LogP contribution is -2.53. The van der Waals surface area contributed by atoms with E-state index in [0.29, 0.717) is 5.56 Å². The molecule has 4 rings (SSSR count). The van der Waals surface area contributed by atoms with Gasteiger partial charge in [-0.3, -0.25) is 14.5 Å². The molecule has 0 aromatic heterocycles. The number of amides is 4. The van der Waals surface area contributed by atoms with Gasteiger partial charge in [-0.05, 0) is 11.1 Å². The number of piperazine rings is 1. The quantitative estimate of drug-likeness (QED) is 0.593. The van der Waals surface area contributed by atoms with Crippen molar-refractivity contribution in [2.75, 3.05) is 39.0 Å². The van der Waals surface area contributed by atoms with Crippen molar-refractivity contribution in [3.63, 3.8) is 0 Å². The Morgan fingerprint density at radius 1 is 0.909 bits per heavy atom. The Labute approximate surface area is 193 Å². The van der Waals surface area contributed by atoms with Crippen molar-refractivity contribution in [3.05, 3.63) is 71.8 Å². The number of hydrogen-bond acceptors (Lipinski definition) is 5. The van der Waals surface area contributed by atoms with E-state index in [-0.39, 0.29) is 45.2 Å². The Morgan fingerprint density at radius 2 is 1.48 bits per heavy atom. The molecule has 0 spiro atoms. The molecule has 2 saturated heterocycles. The van der Waals surface area contributed by atoms with Crippen LogP contribution in [0.5, 0.6) is 0 Å². The number of benzene rings is 2. The molecular formula is C23H26N4O5S. The highest BCUT2D eigenvalue weighted by molar-refractivity contribution is 7.88. The van der Waals surface area contributed by atoms with Gasteiger partial charge in [-0.1, -0.05) is 60.7 Å². The van der Waals surface area contributed by atoms with Crippen molar-refractivity contribution >= 4 is 27.9 Å². The van der Waals surface area contributed by atoms with E-state index in [1.807, 2.05) is 48.5 Å². The Kier molecular flexibility index (Phi) is 6.48. The maximum atomic E-state index is 13.3. The molecule has 2 aliphatic heterocycles. The van der Waals surface area contributed by atoms with Crippen molar-refractivity contribution < 1.29 is 22.8 Å². The normalized spacial score (nSPS) is 19.9. The van der Waals surface area contributed by atoms with Crippen molar-refractivity contribution in [1.29, 1.82) is 0 Å². The maximum Gasteiger partial charge on any atom is 0.328 e. The lowest BCUT2D eigenvalue weighted by atomic mass is 10.1. The van der Waals surface area contributed by atoms with Gasteiger partial charge in [0.05, 0.1) is 6.26 Å². The van der Waals surface area contributed by atoms with E-state index in [4.69, 9.17) is 0 Å². The van der Waals surface area contributed by atoms with Crippen molar-refractivity contribution in [2.45, 2.75) is 12.6 Å². The van der Waals surface area contributed by atoms with Gasteiger partial charge in [0.25, 0.3) is 5.91 Å². The molecular weight excluding hydrogens is 444 g/mol. The van der Waals surface area contributed by atoms with Crippen LogP contribution in [0.4, 0.5) is 4.79 Å².